The van der Waals surface area contributed by atoms with Gasteiger partial charge in [0.1, 0.15) is 28.9 Å². The van der Waals surface area contributed by atoms with E-state index in [-0.39, 0.29) is 21.3 Å². The minimum Gasteiger partial charge on any atom is -0.444 e. The zero-order chi connectivity index (χ0) is 24.2. The molecule has 12 heteroatoms. The number of nitrogens with one attached hydrogen (secondary N) is 1. The van der Waals surface area contributed by atoms with Crippen molar-refractivity contribution in [1.29, 1.82) is 0 Å². The largest absolute Gasteiger partial charge is 0.444 e. The lowest BCUT2D eigenvalue weighted by molar-refractivity contribution is 0.116. The first-order chi connectivity index (χ1) is 16.2. The van der Waals surface area contributed by atoms with E-state index in [1.54, 1.807) is 49.0 Å². The van der Waals surface area contributed by atoms with Crippen LogP contribution < -0.4 is 10.7 Å². The summed E-state index contributed by atoms with van der Waals surface area (Å²) in [6.45, 7) is 4.07. The quantitative estimate of drug-likeness (QED) is 0.388. The lowest BCUT2D eigenvalue weighted by Crippen LogP contribution is -2.36. The number of hydrogen-bond acceptors (Lipinski definition) is 8. The summed E-state index contributed by atoms with van der Waals surface area (Å²) >= 11 is 0. The minimum atomic E-state index is -4.04. The predicted molar refractivity (Wildman–Crippen MR) is 124 cm³/mol. The second kappa shape index (κ2) is 7.99. The Morgan fingerprint density at radius 1 is 1.29 bits per heavy atom. The summed E-state index contributed by atoms with van der Waals surface area (Å²) in [5, 5.41) is 12.9. The third kappa shape index (κ3) is 3.46. The van der Waals surface area contributed by atoms with Crippen molar-refractivity contribution in [2.75, 3.05) is 18.1 Å². The monoisotopic (exact) mass is 484 g/mol. The SMILES string of the molecule is Cc1ccccc1S(=O)(=O)c1nc2[nH]ccc2c2c1nc([C@@H](C)O)n2N1CC[C@H](OC(N)=O)C1. The number of H-pyrrole nitrogens is 1. The highest BCUT2D eigenvalue weighted by Crippen LogP contribution is 2.35. The number of aryl methyl sites for hydroxylation is 1. The number of fused-ring (bicyclic) bond motifs is 3. The fourth-order valence-corrected chi connectivity index (χ4v) is 6.04. The standard InChI is InChI=1S/C22H24N6O5S/c1-12-5-3-4-6-16(12)34(31,32)21-17-18(15-7-9-24-19(15)26-21)28(20(25-17)13(2)29)27-10-8-14(11-27)33-22(23)30/h3-7,9,13-14,29H,8,10-11H2,1-2H3,(H2,23,30)(H,24,26)/t13-,14+/m1/s1. The van der Waals surface area contributed by atoms with Crippen LogP contribution in [-0.2, 0) is 14.6 Å². The van der Waals surface area contributed by atoms with Crippen LogP contribution in [0.1, 0.15) is 30.8 Å². The van der Waals surface area contributed by atoms with Crippen LogP contribution in [0.25, 0.3) is 22.1 Å². The number of aromatic nitrogens is 4. The molecule has 178 valence electrons. The van der Waals surface area contributed by atoms with Gasteiger partial charge in [0.05, 0.1) is 11.4 Å². The van der Waals surface area contributed by atoms with Crippen LogP contribution in [0.2, 0.25) is 0 Å². The van der Waals surface area contributed by atoms with E-state index in [9.17, 15) is 18.3 Å². The summed E-state index contributed by atoms with van der Waals surface area (Å²) in [5.41, 5.74) is 6.80. The summed E-state index contributed by atoms with van der Waals surface area (Å²) < 4.78 is 34.4. The van der Waals surface area contributed by atoms with Crippen LogP contribution in [0.5, 0.6) is 0 Å². The molecule has 34 heavy (non-hydrogen) atoms. The maximum atomic E-state index is 13.7. The number of rotatable bonds is 5. The van der Waals surface area contributed by atoms with Gasteiger partial charge in [0.25, 0.3) is 0 Å². The molecule has 11 nitrogen and oxygen atoms in total. The number of aliphatic hydroxyl groups is 1. The number of carbonyl (C=O) groups is 1. The van der Waals surface area contributed by atoms with Crippen LogP contribution in [0.3, 0.4) is 0 Å². The van der Waals surface area contributed by atoms with Gasteiger partial charge in [0, 0.05) is 24.5 Å². The molecular weight excluding hydrogens is 460 g/mol. The molecule has 4 aromatic rings. The molecule has 1 amide bonds. The highest BCUT2D eigenvalue weighted by atomic mass is 32.2. The Morgan fingerprint density at radius 3 is 2.76 bits per heavy atom. The number of pyridine rings is 1. The third-order valence-corrected chi connectivity index (χ3v) is 7.81. The smallest absolute Gasteiger partial charge is 0.404 e. The molecule has 3 aromatic heterocycles. The van der Waals surface area contributed by atoms with Gasteiger partial charge in [0.15, 0.2) is 10.9 Å². The van der Waals surface area contributed by atoms with E-state index >= 15 is 0 Å². The number of primary amides is 1. The first-order valence-corrected chi connectivity index (χ1v) is 12.3. The van der Waals surface area contributed by atoms with E-state index in [4.69, 9.17) is 10.5 Å². The highest BCUT2D eigenvalue weighted by molar-refractivity contribution is 7.91. The fraction of sp³-hybridized carbons (Fsp3) is 0.318. The van der Waals surface area contributed by atoms with E-state index in [1.807, 2.05) is 5.01 Å². The van der Waals surface area contributed by atoms with E-state index in [1.165, 1.54) is 6.07 Å². The first kappa shape index (κ1) is 22.2. The number of sulfone groups is 1. The van der Waals surface area contributed by atoms with Crippen molar-refractivity contribution in [2.24, 2.45) is 5.73 Å². The van der Waals surface area contributed by atoms with Crippen LogP contribution in [0.4, 0.5) is 4.79 Å². The van der Waals surface area contributed by atoms with Gasteiger partial charge < -0.3 is 25.6 Å². The van der Waals surface area contributed by atoms with Crippen molar-refractivity contribution in [2.45, 2.75) is 42.4 Å². The maximum absolute atomic E-state index is 13.7. The molecule has 5 rings (SSSR count). The molecule has 0 unspecified atom stereocenters. The second-order valence-electron chi connectivity index (χ2n) is 8.34. The van der Waals surface area contributed by atoms with Crippen molar-refractivity contribution < 1.29 is 23.1 Å². The Kier molecular flexibility index (Phi) is 5.21. The lowest BCUT2D eigenvalue weighted by atomic mass is 10.2. The molecule has 0 aliphatic carbocycles. The number of aliphatic hydroxyl groups excluding tert-OH is 1. The number of imidazole rings is 1. The average molecular weight is 485 g/mol. The molecule has 1 aliphatic rings. The number of nitrogens with two attached hydrogens (primary N) is 1. The Bertz CT molecular complexity index is 1520. The molecule has 4 heterocycles. The second-order valence-corrected chi connectivity index (χ2v) is 10.2. The molecule has 1 fully saturated rings. The molecular formula is C22H24N6O5S. The predicted octanol–water partition coefficient (Wildman–Crippen LogP) is 1.91. The number of nitrogens with zero attached hydrogens (tertiary/aromatic N) is 4. The molecule has 0 radical (unpaired) electrons. The van der Waals surface area contributed by atoms with Crippen molar-refractivity contribution in [3.8, 4) is 0 Å². The van der Waals surface area contributed by atoms with Gasteiger partial charge in [-0.1, -0.05) is 18.2 Å². The first-order valence-electron chi connectivity index (χ1n) is 10.8. The molecule has 4 N–H and O–H groups in total. The number of ether oxygens (including phenoxy) is 1. The number of amides is 1. The molecule has 2 atom stereocenters. The summed E-state index contributed by atoms with van der Waals surface area (Å²) in [4.78, 5) is 23.4. The van der Waals surface area contributed by atoms with Gasteiger partial charge >= 0.3 is 6.09 Å². The Hall–Kier alpha value is -3.64. The molecule has 0 saturated carbocycles. The number of carbonyl (C=O) groups excluding carboxylic acids is 1. The fourth-order valence-electron chi connectivity index (χ4n) is 4.48. The summed E-state index contributed by atoms with van der Waals surface area (Å²) in [5.74, 6) is 0.256. The Morgan fingerprint density at radius 2 is 2.06 bits per heavy atom. The Labute approximate surface area is 195 Å². The minimum absolute atomic E-state index is 0.138. The van der Waals surface area contributed by atoms with Gasteiger partial charge in [-0.25, -0.2) is 27.9 Å². The molecule has 0 bridgehead atoms. The average Bonchev–Trinajstić information content (AvgIpc) is 3.50. The van der Waals surface area contributed by atoms with Crippen LogP contribution in [0.15, 0.2) is 46.5 Å². The van der Waals surface area contributed by atoms with Crippen molar-refractivity contribution >= 4 is 38.0 Å². The van der Waals surface area contributed by atoms with E-state index < -0.39 is 28.1 Å². The topological polar surface area (TPSA) is 156 Å². The van der Waals surface area contributed by atoms with Gasteiger partial charge in [-0.15, -0.1) is 0 Å². The van der Waals surface area contributed by atoms with Crippen LogP contribution in [0, 0.1) is 6.92 Å². The molecule has 1 aliphatic heterocycles. The summed E-state index contributed by atoms with van der Waals surface area (Å²) in [7, 11) is -4.04. The van der Waals surface area contributed by atoms with E-state index in [0.717, 1.165) is 0 Å². The normalized spacial score (nSPS) is 17.5. The number of benzene rings is 1. The Balaban J connectivity index is 1.78. The summed E-state index contributed by atoms with van der Waals surface area (Å²) in [6.07, 6.45) is -0.106. The van der Waals surface area contributed by atoms with Gasteiger partial charge in [-0.3, -0.25) is 0 Å². The number of aromatic amines is 1. The van der Waals surface area contributed by atoms with Crippen LogP contribution in [-0.4, -0.2) is 58.4 Å². The van der Waals surface area contributed by atoms with Crippen molar-refractivity contribution in [1.82, 2.24) is 19.6 Å². The third-order valence-electron chi connectivity index (χ3n) is 5.98. The van der Waals surface area contributed by atoms with Gasteiger partial charge in [-0.2, -0.15) is 0 Å². The lowest BCUT2D eigenvalue weighted by Gasteiger charge is -2.24. The van der Waals surface area contributed by atoms with Gasteiger partial charge in [0.2, 0.25) is 9.84 Å². The maximum Gasteiger partial charge on any atom is 0.404 e. The molecule has 0 spiro atoms. The van der Waals surface area contributed by atoms with Crippen molar-refractivity contribution in [3.63, 3.8) is 0 Å². The van der Waals surface area contributed by atoms with E-state index in [2.05, 4.69) is 15.0 Å². The van der Waals surface area contributed by atoms with Crippen LogP contribution >= 0.6 is 0 Å². The molecule has 1 aromatic carbocycles. The highest BCUT2D eigenvalue weighted by Gasteiger charge is 2.34. The number of hydrogen-bond donors (Lipinski definition) is 3. The summed E-state index contributed by atoms with van der Waals surface area (Å²) in [6, 6.07) is 8.47. The van der Waals surface area contributed by atoms with Gasteiger partial charge in [-0.05, 0) is 31.5 Å². The van der Waals surface area contributed by atoms with Crippen molar-refractivity contribution in [3.05, 3.63) is 47.9 Å². The van der Waals surface area contributed by atoms with E-state index in [0.29, 0.717) is 41.6 Å². The molecule has 1 saturated heterocycles. The zero-order valence-corrected chi connectivity index (χ0v) is 19.4. The zero-order valence-electron chi connectivity index (χ0n) is 18.6.